The molecular formula is C15H20N2O3S. The maximum Gasteiger partial charge on any atom is 0.301 e. The summed E-state index contributed by atoms with van der Waals surface area (Å²) in [5.41, 5.74) is 2.04. The van der Waals surface area contributed by atoms with Crippen molar-refractivity contribution in [3.8, 4) is 0 Å². The maximum atomic E-state index is 12.2. The van der Waals surface area contributed by atoms with Crippen molar-refractivity contribution in [3.63, 3.8) is 0 Å². The zero-order valence-electron chi connectivity index (χ0n) is 12.2. The molecule has 0 spiro atoms. The van der Waals surface area contributed by atoms with Crippen LogP contribution in [0.4, 0.5) is 0 Å². The van der Waals surface area contributed by atoms with Crippen molar-refractivity contribution in [2.75, 3.05) is 6.54 Å². The maximum absolute atomic E-state index is 12.2. The number of benzene rings is 1. The van der Waals surface area contributed by atoms with Crippen molar-refractivity contribution in [2.24, 2.45) is 0 Å². The SMILES string of the molecule is CC(=O)CCCN1C=CC(c2ccc(C)cc2)NS1(=O)=O. The summed E-state index contributed by atoms with van der Waals surface area (Å²) in [6, 6.07) is 7.39. The van der Waals surface area contributed by atoms with Gasteiger partial charge in [-0.25, -0.2) is 0 Å². The molecule has 1 aliphatic rings. The zero-order chi connectivity index (χ0) is 15.5. The molecule has 114 valence electrons. The van der Waals surface area contributed by atoms with Crippen molar-refractivity contribution in [1.29, 1.82) is 0 Å². The van der Waals surface area contributed by atoms with E-state index < -0.39 is 10.2 Å². The van der Waals surface area contributed by atoms with Gasteiger partial charge in [0.05, 0.1) is 6.04 Å². The molecule has 0 aromatic heterocycles. The molecule has 2 rings (SSSR count). The van der Waals surface area contributed by atoms with E-state index in [4.69, 9.17) is 0 Å². The molecule has 0 fully saturated rings. The smallest absolute Gasteiger partial charge is 0.300 e. The summed E-state index contributed by atoms with van der Waals surface area (Å²) >= 11 is 0. The molecule has 21 heavy (non-hydrogen) atoms. The van der Waals surface area contributed by atoms with E-state index >= 15 is 0 Å². The van der Waals surface area contributed by atoms with Crippen LogP contribution in [0.15, 0.2) is 36.5 Å². The summed E-state index contributed by atoms with van der Waals surface area (Å²) in [5, 5.41) is 0. The highest BCUT2D eigenvalue weighted by atomic mass is 32.2. The fourth-order valence-electron chi connectivity index (χ4n) is 2.16. The van der Waals surface area contributed by atoms with Gasteiger partial charge in [0.15, 0.2) is 0 Å². The number of Topliss-reactive ketones (excluding diaryl/α,β-unsaturated/α-hetero) is 1. The molecule has 0 radical (unpaired) electrons. The van der Waals surface area contributed by atoms with Crippen molar-refractivity contribution in [2.45, 2.75) is 32.7 Å². The Morgan fingerprint density at radius 2 is 1.95 bits per heavy atom. The molecule has 0 amide bonds. The highest BCUT2D eigenvalue weighted by Gasteiger charge is 2.26. The summed E-state index contributed by atoms with van der Waals surface area (Å²) in [7, 11) is -3.54. The lowest BCUT2D eigenvalue weighted by molar-refractivity contribution is -0.117. The van der Waals surface area contributed by atoms with Crippen LogP contribution in [0.3, 0.4) is 0 Å². The Morgan fingerprint density at radius 1 is 1.29 bits per heavy atom. The minimum Gasteiger partial charge on any atom is -0.300 e. The van der Waals surface area contributed by atoms with E-state index in [1.165, 1.54) is 11.2 Å². The van der Waals surface area contributed by atoms with Gasteiger partial charge in [-0.3, -0.25) is 4.31 Å². The lowest BCUT2D eigenvalue weighted by Gasteiger charge is -2.28. The van der Waals surface area contributed by atoms with E-state index in [0.29, 0.717) is 19.4 Å². The molecular weight excluding hydrogens is 288 g/mol. The number of carbonyl (C=O) groups excluding carboxylic acids is 1. The average molecular weight is 308 g/mol. The first-order chi connectivity index (χ1) is 9.88. The first kappa shape index (κ1) is 15.7. The predicted octanol–water partition coefficient (Wildman–Crippen LogP) is 2.07. The molecule has 1 aromatic carbocycles. The van der Waals surface area contributed by atoms with Crippen LogP contribution in [0.1, 0.15) is 36.9 Å². The quantitative estimate of drug-likeness (QED) is 0.905. The molecule has 1 aromatic rings. The Kier molecular flexibility index (Phi) is 4.80. The molecule has 0 saturated carbocycles. The molecule has 1 heterocycles. The number of nitrogens with one attached hydrogen (secondary N) is 1. The highest BCUT2D eigenvalue weighted by molar-refractivity contribution is 7.87. The van der Waals surface area contributed by atoms with Gasteiger partial charge in [-0.2, -0.15) is 13.1 Å². The third-order valence-corrected chi connectivity index (χ3v) is 4.85. The van der Waals surface area contributed by atoms with Crippen LogP contribution in [-0.4, -0.2) is 25.1 Å². The Balaban J connectivity index is 2.08. The third kappa shape index (κ3) is 4.15. The summed E-state index contributed by atoms with van der Waals surface area (Å²) in [5.74, 6) is 0.0684. The molecule has 0 bridgehead atoms. The van der Waals surface area contributed by atoms with Gasteiger partial charge >= 0.3 is 10.2 Å². The Hall–Kier alpha value is -1.66. The van der Waals surface area contributed by atoms with E-state index in [-0.39, 0.29) is 11.8 Å². The number of carbonyl (C=O) groups is 1. The lowest BCUT2D eigenvalue weighted by atomic mass is 10.1. The summed E-state index contributed by atoms with van der Waals surface area (Å²) < 4.78 is 28.3. The predicted molar refractivity (Wildman–Crippen MR) is 81.7 cm³/mol. The van der Waals surface area contributed by atoms with Crippen LogP contribution in [0.2, 0.25) is 0 Å². The first-order valence-electron chi connectivity index (χ1n) is 6.92. The van der Waals surface area contributed by atoms with Crippen LogP contribution in [-0.2, 0) is 15.0 Å². The van der Waals surface area contributed by atoms with Crippen molar-refractivity contribution < 1.29 is 13.2 Å². The first-order valence-corrected chi connectivity index (χ1v) is 8.36. The lowest BCUT2D eigenvalue weighted by Crippen LogP contribution is -2.42. The van der Waals surface area contributed by atoms with Crippen LogP contribution >= 0.6 is 0 Å². The number of aryl methyl sites for hydroxylation is 1. The standard InChI is InChI=1S/C15H20N2O3S/c1-12-5-7-14(8-6-12)15-9-11-17(21(19,20)16-15)10-3-4-13(2)18/h5-9,11,15-16H,3-4,10H2,1-2H3. The second-order valence-electron chi connectivity index (χ2n) is 5.27. The van der Waals surface area contributed by atoms with Gasteiger partial charge < -0.3 is 4.79 Å². The van der Waals surface area contributed by atoms with Crippen molar-refractivity contribution >= 4 is 16.0 Å². The average Bonchev–Trinajstić information content (AvgIpc) is 2.40. The minimum atomic E-state index is -3.54. The van der Waals surface area contributed by atoms with Crippen LogP contribution in [0.25, 0.3) is 0 Å². The van der Waals surface area contributed by atoms with Crippen molar-refractivity contribution in [3.05, 3.63) is 47.7 Å². The minimum absolute atomic E-state index is 0.0684. The summed E-state index contributed by atoms with van der Waals surface area (Å²) in [4.78, 5) is 10.9. The monoisotopic (exact) mass is 308 g/mol. The van der Waals surface area contributed by atoms with Gasteiger partial charge in [0.2, 0.25) is 0 Å². The number of rotatable bonds is 5. The summed E-state index contributed by atoms with van der Waals surface area (Å²) in [6.45, 7) is 3.81. The number of hydrogen-bond donors (Lipinski definition) is 1. The third-order valence-electron chi connectivity index (χ3n) is 3.37. The van der Waals surface area contributed by atoms with E-state index in [1.54, 1.807) is 6.20 Å². The highest BCUT2D eigenvalue weighted by Crippen LogP contribution is 2.22. The van der Waals surface area contributed by atoms with Crippen LogP contribution in [0.5, 0.6) is 0 Å². The van der Waals surface area contributed by atoms with Crippen LogP contribution in [0, 0.1) is 6.92 Å². The van der Waals surface area contributed by atoms with E-state index in [1.807, 2.05) is 37.3 Å². The molecule has 1 aliphatic heterocycles. The van der Waals surface area contributed by atoms with Gasteiger partial charge in [0.25, 0.3) is 0 Å². The van der Waals surface area contributed by atoms with Gasteiger partial charge in [0, 0.05) is 19.2 Å². The van der Waals surface area contributed by atoms with Gasteiger partial charge in [0.1, 0.15) is 5.78 Å². The zero-order valence-corrected chi connectivity index (χ0v) is 13.1. The Bertz CT molecular complexity index is 635. The summed E-state index contributed by atoms with van der Waals surface area (Å²) in [6.07, 6.45) is 4.31. The second-order valence-corrected chi connectivity index (χ2v) is 6.92. The largest absolute Gasteiger partial charge is 0.301 e. The molecule has 1 atom stereocenters. The van der Waals surface area contributed by atoms with Gasteiger partial charge in [-0.05, 0) is 31.9 Å². The molecule has 1 unspecified atom stereocenters. The molecule has 5 nitrogen and oxygen atoms in total. The number of nitrogens with zero attached hydrogens (tertiary/aromatic N) is 1. The fraction of sp³-hybridized carbons (Fsp3) is 0.400. The Morgan fingerprint density at radius 3 is 2.52 bits per heavy atom. The van der Waals surface area contributed by atoms with E-state index in [0.717, 1.165) is 11.1 Å². The van der Waals surface area contributed by atoms with E-state index in [2.05, 4.69) is 4.72 Å². The second kappa shape index (κ2) is 6.41. The Labute approximate surface area is 125 Å². The molecule has 1 N–H and O–H groups in total. The topological polar surface area (TPSA) is 66.5 Å². The van der Waals surface area contributed by atoms with E-state index in [9.17, 15) is 13.2 Å². The normalized spacial score (nSPS) is 20.5. The molecule has 0 saturated heterocycles. The van der Waals surface area contributed by atoms with Crippen molar-refractivity contribution in [1.82, 2.24) is 9.03 Å². The molecule has 0 aliphatic carbocycles. The fourth-order valence-corrected chi connectivity index (χ4v) is 3.43. The molecule has 6 heteroatoms. The van der Waals surface area contributed by atoms with Crippen LogP contribution < -0.4 is 4.72 Å². The number of ketones is 1. The van der Waals surface area contributed by atoms with Gasteiger partial charge in [-0.15, -0.1) is 0 Å². The van der Waals surface area contributed by atoms with Gasteiger partial charge in [-0.1, -0.05) is 29.8 Å². The number of hydrogen-bond acceptors (Lipinski definition) is 3.